The number of hydrogen-bond donors (Lipinski definition) is 3. The predicted molar refractivity (Wildman–Crippen MR) is 78.6 cm³/mol. The molecule has 1 aliphatic rings. The van der Waals surface area contributed by atoms with E-state index in [0.717, 1.165) is 35.8 Å². The van der Waals surface area contributed by atoms with Gasteiger partial charge in [-0.2, -0.15) is 0 Å². The first-order valence-electron chi connectivity index (χ1n) is 6.78. The maximum Gasteiger partial charge on any atom is 0.170 e. The number of nitrogens with zero attached hydrogens (tertiary/aromatic N) is 2. The molecule has 2 heterocycles. The van der Waals surface area contributed by atoms with Gasteiger partial charge in [0.2, 0.25) is 0 Å². The van der Waals surface area contributed by atoms with E-state index in [9.17, 15) is 0 Å². The fraction of sp³-hybridized carbons (Fsp3) is 0.429. The molecule has 1 atom stereocenters. The lowest BCUT2D eigenvalue weighted by molar-refractivity contribution is 0.479. The quantitative estimate of drug-likeness (QED) is 0.783. The van der Waals surface area contributed by atoms with E-state index in [1.54, 1.807) is 0 Å². The molecule has 1 aromatic heterocycles. The van der Waals surface area contributed by atoms with Gasteiger partial charge in [0.15, 0.2) is 11.6 Å². The Morgan fingerprint density at radius 2 is 1.89 bits per heavy atom. The monoisotopic (exact) mass is 257 g/mol. The molecular formula is C14H19N5. The van der Waals surface area contributed by atoms with Crippen molar-refractivity contribution in [1.29, 1.82) is 0 Å². The molecule has 100 valence electrons. The minimum Gasteiger partial charge on any atom is -0.370 e. The Morgan fingerprint density at radius 1 is 1.16 bits per heavy atom. The van der Waals surface area contributed by atoms with Crippen LogP contribution in [0.2, 0.25) is 0 Å². The summed E-state index contributed by atoms with van der Waals surface area (Å²) in [6, 6.07) is 8.37. The smallest absolute Gasteiger partial charge is 0.170 e. The van der Waals surface area contributed by atoms with Crippen LogP contribution in [0.4, 0.5) is 11.6 Å². The summed E-state index contributed by atoms with van der Waals surface area (Å²) >= 11 is 0. The van der Waals surface area contributed by atoms with E-state index in [0.29, 0.717) is 6.04 Å². The highest BCUT2D eigenvalue weighted by atomic mass is 15.1. The Kier molecular flexibility index (Phi) is 3.46. The van der Waals surface area contributed by atoms with Crippen LogP contribution in [0.3, 0.4) is 0 Å². The van der Waals surface area contributed by atoms with E-state index in [1.165, 1.54) is 12.8 Å². The molecule has 0 aliphatic carbocycles. The van der Waals surface area contributed by atoms with Crippen LogP contribution in [0, 0.1) is 0 Å². The molecule has 0 spiro atoms. The number of nitrogens with one attached hydrogen (secondary N) is 3. The first kappa shape index (κ1) is 12.2. The molecule has 1 aromatic carbocycles. The highest BCUT2D eigenvalue weighted by Gasteiger charge is 2.15. The Morgan fingerprint density at radius 3 is 2.53 bits per heavy atom. The van der Waals surface area contributed by atoms with Crippen LogP contribution in [0.5, 0.6) is 0 Å². The van der Waals surface area contributed by atoms with Gasteiger partial charge in [-0.3, -0.25) is 0 Å². The van der Waals surface area contributed by atoms with Gasteiger partial charge in [-0.1, -0.05) is 12.1 Å². The number of hydrogen-bond acceptors (Lipinski definition) is 5. The van der Waals surface area contributed by atoms with E-state index in [2.05, 4.69) is 25.9 Å². The van der Waals surface area contributed by atoms with Crippen molar-refractivity contribution in [3.05, 3.63) is 24.3 Å². The third-order valence-electron chi connectivity index (χ3n) is 3.45. The van der Waals surface area contributed by atoms with Crippen LogP contribution < -0.4 is 16.0 Å². The molecule has 0 bridgehead atoms. The zero-order chi connectivity index (χ0) is 13.1. The molecular weight excluding hydrogens is 238 g/mol. The molecule has 1 aliphatic heterocycles. The first-order chi connectivity index (χ1) is 9.36. The molecule has 3 N–H and O–H groups in total. The Bertz CT molecular complexity index is 563. The van der Waals surface area contributed by atoms with Crippen molar-refractivity contribution in [3.8, 4) is 0 Å². The van der Waals surface area contributed by atoms with Crippen molar-refractivity contribution >= 4 is 22.7 Å². The molecule has 5 nitrogen and oxygen atoms in total. The second-order valence-corrected chi connectivity index (χ2v) is 4.85. The van der Waals surface area contributed by atoms with Crippen molar-refractivity contribution in [1.82, 2.24) is 15.3 Å². The predicted octanol–water partition coefficient (Wildman–Crippen LogP) is 1.84. The third-order valence-corrected chi connectivity index (χ3v) is 3.45. The molecule has 1 fully saturated rings. The normalized spacial score (nSPS) is 19.3. The van der Waals surface area contributed by atoms with E-state index in [1.807, 2.05) is 31.3 Å². The molecule has 5 heteroatoms. The second kappa shape index (κ2) is 5.40. The number of para-hydroxylation sites is 2. The van der Waals surface area contributed by atoms with Crippen molar-refractivity contribution < 1.29 is 0 Å². The highest BCUT2D eigenvalue weighted by molar-refractivity contribution is 5.80. The number of piperidine rings is 1. The number of rotatable bonds is 3. The van der Waals surface area contributed by atoms with Crippen LogP contribution in [0.1, 0.15) is 12.8 Å². The maximum absolute atomic E-state index is 4.68. The average Bonchev–Trinajstić information content (AvgIpc) is 2.47. The molecule has 0 unspecified atom stereocenters. The van der Waals surface area contributed by atoms with Gasteiger partial charge >= 0.3 is 0 Å². The first-order valence-corrected chi connectivity index (χ1v) is 6.78. The Hall–Kier alpha value is -1.88. The van der Waals surface area contributed by atoms with Crippen LogP contribution in [0.15, 0.2) is 24.3 Å². The minimum atomic E-state index is 0.427. The molecule has 0 radical (unpaired) electrons. The highest BCUT2D eigenvalue weighted by Crippen LogP contribution is 2.22. The number of benzene rings is 1. The summed E-state index contributed by atoms with van der Waals surface area (Å²) in [7, 11) is 1.88. The zero-order valence-corrected chi connectivity index (χ0v) is 11.1. The standard InChI is InChI=1S/C14H19N5/c1-15-13-14(17-10-5-4-8-16-9-10)19-12-7-3-2-6-11(12)18-13/h2-3,6-7,10,16H,4-5,8-9H2,1H3,(H,15,18)(H,17,19)/t10-/m1/s1. The van der Waals surface area contributed by atoms with E-state index in [-0.39, 0.29) is 0 Å². The minimum absolute atomic E-state index is 0.427. The fourth-order valence-electron chi connectivity index (χ4n) is 2.44. The van der Waals surface area contributed by atoms with Gasteiger partial charge in [0.25, 0.3) is 0 Å². The van der Waals surface area contributed by atoms with Gasteiger partial charge < -0.3 is 16.0 Å². The van der Waals surface area contributed by atoms with Gasteiger partial charge in [0.05, 0.1) is 11.0 Å². The summed E-state index contributed by atoms with van der Waals surface area (Å²) in [6.07, 6.45) is 2.37. The molecule has 19 heavy (non-hydrogen) atoms. The van der Waals surface area contributed by atoms with E-state index in [4.69, 9.17) is 0 Å². The van der Waals surface area contributed by atoms with Crippen molar-refractivity contribution in [2.24, 2.45) is 0 Å². The van der Waals surface area contributed by atoms with Crippen molar-refractivity contribution in [3.63, 3.8) is 0 Å². The number of aromatic nitrogens is 2. The lowest BCUT2D eigenvalue weighted by Gasteiger charge is -2.25. The summed E-state index contributed by atoms with van der Waals surface area (Å²) in [5.74, 6) is 1.65. The van der Waals surface area contributed by atoms with Gasteiger partial charge in [-0.15, -0.1) is 0 Å². The molecule has 2 aromatic rings. The van der Waals surface area contributed by atoms with Gasteiger partial charge in [-0.05, 0) is 31.5 Å². The molecule has 0 saturated carbocycles. The molecule has 0 amide bonds. The molecule has 3 rings (SSSR count). The van der Waals surface area contributed by atoms with Crippen molar-refractivity contribution in [2.45, 2.75) is 18.9 Å². The summed E-state index contributed by atoms with van der Waals surface area (Å²) in [4.78, 5) is 9.28. The third kappa shape index (κ3) is 2.61. The SMILES string of the molecule is CNc1nc2ccccc2nc1N[C@@H]1CCCNC1. The Balaban J connectivity index is 1.91. The zero-order valence-electron chi connectivity index (χ0n) is 11.1. The largest absolute Gasteiger partial charge is 0.370 e. The van der Waals surface area contributed by atoms with E-state index < -0.39 is 0 Å². The van der Waals surface area contributed by atoms with Gasteiger partial charge in [0.1, 0.15) is 0 Å². The van der Waals surface area contributed by atoms with Gasteiger partial charge in [-0.25, -0.2) is 9.97 Å². The average molecular weight is 257 g/mol. The maximum atomic E-state index is 4.68. The topological polar surface area (TPSA) is 61.9 Å². The second-order valence-electron chi connectivity index (χ2n) is 4.85. The lowest BCUT2D eigenvalue weighted by Crippen LogP contribution is -2.38. The van der Waals surface area contributed by atoms with Crippen LogP contribution in [-0.2, 0) is 0 Å². The lowest BCUT2D eigenvalue weighted by atomic mass is 10.1. The summed E-state index contributed by atoms with van der Waals surface area (Å²) in [5.41, 5.74) is 1.84. The van der Waals surface area contributed by atoms with Crippen LogP contribution >= 0.6 is 0 Å². The summed E-state index contributed by atoms with van der Waals surface area (Å²) in [5, 5.41) is 10.0. The molecule has 1 saturated heterocycles. The number of anilines is 2. The van der Waals surface area contributed by atoms with Crippen LogP contribution in [-0.4, -0.2) is 36.1 Å². The number of fused-ring (bicyclic) bond motifs is 1. The fourth-order valence-corrected chi connectivity index (χ4v) is 2.44. The van der Waals surface area contributed by atoms with E-state index >= 15 is 0 Å². The Labute approximate surface area is 112 Å². The summed E-state index contributed by atoms with van der Waals surface area (Å²) < 4.78 is 0. The van der Waals surface area contributed by atoms with Gasteiger partial charge in [0, 0.05) is 19.6 Å². The summed E-state index contributed by atoms with van der Waals surface area (Å²) in [6.45, 7) is 2.10. The van der Waals surface area contributed by atoms with Crippen LogP contribution in [0.25, 0.3) is 11.0 Å². The van der Waals surface area contributed by atoms with Crippen molar-refractivity contribution in [2.75, 3.05) is 30.8 Å².